The Balaban J connectivity index is 3.53. The standard InChI is InChI=1S/C25H29F6NO3/c1-6-32(16-33)12-8-9-19(24(26,27)28)11-10-17(3)18-13-20(15-21(14-18)25(29,30)31)23(4,5)22(34)35-7-2/h8-11,13-16H,6-7,12H2,1-5H3/b9-8+,17-10+,19-11+. The minimum Gasteiger partial charge on any atom is -0.465 e. The highest BCUT2D eigenvalue weighted by molar-refractivity contribution is 5.83. The molecule has 4 nitrogen and oxygen atoms in total. The Kier molecular flexibility index (Phi) is 10.4. The maximum Gasteiger partial charge on any atom is 0.416 e. The number of allylic oxidation sites excluding steroid dienone is 5. The molecule has 0 aliphatic carbocycles. The molecular weight excluding hydrogens is 476 g/mol. The van der Waals surface area contributed by atoms with Crippen molar-refractivity contribution in [3.63, 3.8) is 0 Å². The van der Waals surface area contributed by atoms with Gasteiger partial charge in [-0.2, -0.15) is 26.3 Å². The van der Waals surface area contributed by atoms with E-state index in [0.29, 0.717) is 13.0 Å². The first-order valence-corrected chi connectivity index (χ1v) is 10.8. The second-order valence-corrected chi connectivity index (χ2v) is 8.21. The molecule has 35 heavy (non-hydrogen) atoms. The molecule has 0 unspecified atom stereocenters. The van der Waals surface area contributed by atoms with Gasteiger partial charge in [0.05, 0.1) is 23.2 Å². The zero-order valence-electron chi connectivity index (χ0n) is 20.2. The summed E-state index contributed by atoms with van der Waals surface area (Å²) in [6.45, 7) is 7.75. The van der Waals surface area contributed by atoms with E-state index in [4.69, 9.17) is 4.74 Å². The number of nitrogens with zero attached hydrogens (tertiary/aromatic N) is 1. The number of hydrogen-bond acceptors (Lipinski definition) is 3. The Bertz CT molecular complexity index is 988. The van der Waals surface area contributed by atoms with Crippen LogP contribution in [0.15, 0.2) is 48.1 Å². The van der Waals surface area contributed by atoms with Crippen molar-refractivity contribution in [3.05, 3.63) is 64.8 Å². The van der Waals surface area contributed by atoms with Gasteiger partial charge in [0.25, 0.3) is 0 Å². The van der Waals surface area contributed by atoms with E-state index >= 15 is 0 Å². The van der Waals surface area contributed by atoms with Crippen LogP contribution < -0.4 is 0 Å². The van der Waals surface area contributed by atoms with E-state index in [1.165, 1.54) is 37.8 Å². The SMILES string of the molecule is CCOC(=O)C(C)(C)c1cc(/C(C)=C/C=C(\C=C\CN(C=O)CC)C(F)(F)F)cc(C(F)(F)F)c1. The first-order chi connectivity index (χ1) is 16.1. The summed E-state index contributed by atoms with van der Waals surface area (Å²) in [6.07, 6.45) is -5.18. The summed E-state index contributed by atoms with van der Waals surface area (Å²) in [5.74, 6) is -0.729. The molecule has 0 aromatic heterocycles. The van der Waals surface area contributed by atoms with Crippen LogP contribution in [-0.4, -0.2) is 43.2 Å². The molecule has 0 bridgehead atoms. The number of likely N-dealkylation sites (N-methyl/N-ethyl adjacent to an activating group) is 1. The summed E-state index contributed by atoms with van der Waals surface area (Å²) < 4.78 is 85.9. The number of carbonyl (C=O) groups excluding carboxylic acids is 2. The lowest BCUT2D eigenvalue weighted by Crippen LogP contribution is -2.31. The highest BCUT2D eigenvalue weighted by Gasteiger charge is 2.37. The first-order valence-electron chi connectivity index (χ1n) is 10.8. The molecule has 0 aliphatic heterocycles. The van der Waals surface area contributed by atoms with E-state index in [-0.39, 0.29) is 29.9 Å². The summed E-state index contributed by atoms with van der Waals surface area (Å²) >= 11 is 0. The van der Waals surface area contributed by atoms with Crippen LogP contribution >= 0.6 is 0 Å². The van der Waals surface area contributed by atoms with Crippen molar-refractivity contribution >= 4 is 18.0 Å². The van der Waals surface area contributed by atoms with Crippen LogP contribution in [0.5, 0.6) is 0 Å². The van der Waals surface area contributed by atoms with Crippen molar-refractivity contribution < 1.29 is 40.7 Å². The Hall–Kier alpha value is -3.04. The number of ether oxygens (including phenoxy) is 1. The van der Waals surface area contributed by atoms with E-state index in [1.54, 1.807) is 13.8 Å². The van der Waals surface area contributed by atoms with Gasteiger partial charge in [0.15, 0.2) is 0 Å². The van der Waals surface area contributed by atoms with Crippen molar-refractivity contribution in [2.45, 2.75) is 52.4 Å². The highest BCUT2D eigenvalue weighted by atomic mass is 19.4. The van der Waals surface area contributed by atoms with Gasteiger partial charge in [-0.3, -0.25) is 9.59 Å². The molecule has 10 heteroatoms. The van der Waals surface area contributed by atoms with Gasteiger partial charge in [0.1, 0.15) is 0 Å². The highest BCUT2D eigenvalue weighted by Crippen LogP contribution is 2.36. The number of benzene rings is 1. The summed E-state index contributed by atoms with van der Waals surface area (Å²) in [4.78, 5) is 24.4. The molecule has 0 heterocycles. The molecule has 0 saturated carbocycles. The second kappa shape index (κ2) is 12.1. The van der Waals surface area contributed by atoms with Gasteiger partial charge in [-0.1, -0.05) is 24.3 Å². The summed E-state index contributed by atoms with van der Waals surface area (Å²) in [5.41, 5.74) is -3.36. The van der Waals surface area contributed by atoms with Crippen LogP contribution in [0.25, 0.3) is 5.57 Å². The second-order valence-electron chi connectivity index (χ2n) is 8.21. The molecule has 0 aliphatic rings. The van der Waals surface area contributed by atoms with Gasteiger partial charge < -0.3 is 9.64 Å². The number of amides is 1. The Morgan fingerprint density at radius 1 is 1.00 bits per heavy atom. The molecule has 1 amide bonds. The molecule has 1 aromatic carbocycles. The van der Waals surface area contributed by atoms with Crippen molar-refractivity contribution in [2.24, 2.45) is 0 Å². The maximum atomic E-state index is 13.5. The lowest BCUT2D eigenvalue weighted by Gasteiger charge is -2.25. The molecule has 0 saturated heterocycles. The van der Waals surface area contributed by atoms with E-state index < -0.39 is 34.9 Å². The molecular formula is C25H29F6NO3. The van der Waals surface area contributed by atoms with Gasteiger partial charge in [-0.05, 0) is 69.5 Å². The number of carbonyl (C=O) groups is 2. The molecule has 0 fully saturated rings. The van der Waals surface area contributed by atoms with Crippen LogP contribution in [0.2, 0.25) is 0 Å². The Morgan fingerprint density at radius 2 is 1.60 bits per heavy atom. The van der Waals surface area contributed by atoms with Crippen LogP contribution in [0, 0.1) is 0 Å². The topological polar surface area (TPSA) is 46.6 Å². The summed E-state index contributed by atoms with van der Waals surface area (Å²) in [7, 11) is 0. The Labute approximate surface area is 200 Å². The number of halogens is 6. The van der Waals surface area contributed by atoms with E-state index in [0.717, 1.165) is 30.4 Å². The molecule has 0 radical (unpaired) electrons. The Morgan fingerprint density at radius 3 is 2.09 bits per heavy atom. The minimum atomic E-state index is -4.74. The predicted molar refractivity (Wildman–Crippen MR) is 121 cm³/mol. The third-order valence-electron chi connectivity index (χ3n) is 5.26. The van der Waals surface area contributed by atoms with Gasteiger partial charge in [0.2, 0.25) is 6.41 Å². The fraction of sp³-hybridized carbons (Fsp3) is 0.440. The van der Waals surface area contributed by atoms with E-state index in [2.05, 4.69) is 0 Å². The van der Waals surface area contributed by atoms with Gasteiger partial charge >= 0.3 is 18.3 Å². The zero-order valence-corrected chi connectivity index (χ0v) is 20.2. The van der Waals surface area contributed by atoms with Gasteiger partial charge in [0, 0.05) is 13.1 Å². The largest absolute Gasteiger partial charge is 0.465 e. The average Bonchev–Trinajstić information content (AvgIpc) is 2.76. The number of alkyl halides is 6. The molecule has 0 N–H and O–H groups in total. The quantitative estimate of drug-likeness (QED) is 0.158. The molecule has 1 aromatic rings. The zero-order chi connectivity index (χ0) is 27.0. The third kappa shape index (κ3) is 8.60. The normalized spacial score (nSPS) is 13.8. The van der Waals surface area contributed by atoms with E-state index in [9.17, 15) is 35.9 Å². The molecule has 194 valence electrons. The van der Waals surface area contributed by atoms with Crippen LogP contribution in [0.4, 0.5) is 26.3 Å². The van der Waals surface area contributed by atoms with Gasteiger partial charge in [-0.15, -0.1) is 0 Å². The van der Waals surface area contributed by atoms with Crippen molar-refractivity contribution in [3.8, 4) is 0 Å². The number of esters is 1. The fourth-order valence-electron chi connectivity index (χ4n) is 2.93. The molecule has 0 atom stereocenters. The van der Waals surface area contributed by atoms with Crippen LogP contribution in [0.3, 0.4) is 0 Å². The smallest absolute Gasteiger partial charge is 0.416 e. The van der Waals surface area contributed by atoms with E-state index in [1.807, 2.05) is 0 Å². The summed E-state index contributed by atoms with van der Waals surface area (Å²) in [5, 5.41) is 0. The monoisotopic (exact) mass is 505 g/mol. The van der Waals surface area contributed by atoms with Crippen molar-refractivity contribution in [1.82, 2.24) is 4.90 Å². The van der Waals surface area contributed by atoms with Crippen LogP contribution in [0.1, 0.15) is 51.3 Å². The molecule has 0 spiro atoms. The third-order valence-corrected chi connectivity index (χ3v) is 5.26. The first kappa shape index (κ1) is 30.0. The summed E-state index contributed by atoms with van der Waals surface area (Å²) in [6, 6.07) is 2.98. The predicted octanol–water partition coefficient (Wildman–Crippen LogP) is 6.47. The fourth-order valence-corrected chi connectivity index (χ4v) is 2.93. The average molecular weight is 505 g/mol. The lowest BCUT2D eigenvalue weighted by molar-refractivity contribution is -0.149. The number of hydrogen-bond donors (Lipinski definition) is 0. The minimum absolute atomic E-state index is 0.00654. The molecule has 1 rings (SSSR count). The van der Waals surface area contributed by atoms with Gasteiger partial charge in [-0.25, -0.2) is 0 Å². The number of rotatable bonds is 10. The van der Waals surface area contributed by atoms with Crippen molar-refractivity contribution in [2.75, 3.05) is 19.7 Å². The lowest BCUT2D eigenvalue weighted by atomic mass is 9.82. The maximum absolute atomic E-state index is 13.5. The van der Waals surface area contributed by atoms with Crippen LogP contribution in [-0.2, 0) is 25.9 Å². The van der Waals surface area contributed by atoms with Crippen molar-refractivity contribution in [1.29, 1.82) is 0 Å².